The monoisotopic (exact) mass is 193 g/mol. The zero-order chi connectivity index (χ0) is 9.38. The van der Waals surface area contributed by atoms with Crippen LogP contribution in [-0.2, 0) is 0 Å². The molecule has 1 heterocycles. The van der Waals surface area contributed by atoms with Crippen LogP contribution in [0.3, 0.4) is 0 Å². The molecule has 3 aliphatic rings. The van der Waals surface area contributed by atoms with E-state index in [2.05, 4.69) is 4.90 Å². The van der Waals surface area contributed by atoms with Crippen LogP contribution in [0.5, 0.6) is 0 Å². The molecule has 0 radical (unpaired) electrons. The van der Waals surface area contributed by atoms with E-state index in [1.165, 1.54) is 64.5 Å². The highest BCUT2D eigenvalue weighted by atomic mass is 15.2. The van der Waals surface area contributed by atoms with Crippen LogP contribution in [0, 0.1) is 11.8 Å². The zero-order valence-electron chi connectivity index (χ0n) is 9.25. The van der Waals surface area contributed by atoms with Crippen molar-refractivity contribution in [3.05, 3.63) is 0 Å². The Kier molecular flexibility index (Phi) is 2.53. The largest absolute Gasteiger partial charge is 0.300 e. The molecule has 2 atom stereocenters. The maximum absolute atomic E-state index is 2.84. The van der Waals surface area contributed by atoms with Gasteiger partial charge in [0.2, 0.25) is 0 Å². The van der Waals surface area contributed by atoms with Crippen molar-refractivity contribution in [1.29, 1.82) is 0 Å². The highest BCUT2D eigenvalue weighted by Gasteiger charge is 2.38. The molecule has 1 nitrogen and oxygen atoms in total. The van der Waals surface area contributed by atoms with E-state index in [1.807, 2.05) is 0 Å². The van der Waals surface area contributed by atoms with Crippen molar-refractivity contribution in [3.63, 3.8) is 0 Å². The van der Waals surface area contributed by atoms with Gasteiger partial charge in [-0.15, -0.1) is 0 Å². The van der Waals surface area contributed by atoms with Gasteiger partial charge in [0.15, 0.2) is 0 Å². The molecule has 0 N–H and O–H groups in total. The van der Waals surface area contributed by atoms with Crippen molar-refractivity contribution in [2.75, 3.05) is 13.1 Å². The van der Waals surface area contributed by atoms with Gasteiger partial charge in [-0.25, -0.2) is 0 Å². The summed E-state index contributed by atoms with van der Waals surface area (Å²) in [4.78, 5) is 2.84. The molecule has 1 saturated heterocycles. The Bertz CT molecular complexity index is 183. The second kappa shape index (κ2) is 3.84. The minimum absolute atomic E-state index is 0.981. The fraction of sp³-hybridized carbons (Fsp3) is 1.00. The van der Waals surface area contributed by atoms with E-state index in [0.717, 1.165) is 17.9 Å². The number of rotatable bonds is 1. The van der Waals surface area contributed by atoms with E-state index in [0.29, 0.717) is 0 Å². The fourth-order valence-corrected chi connectivity index (χ4v) is 4.02. The molecule has 14 heavy (non-hydrogen) atoms. The fourth-order valence-electron chi connectivity index (χ4n) is 4.02. The molecule has 2 unspecified atom stereocenters. The first-order valence-electron chi connectivity index (χ1n) is 6.67. The van der Waals surface area contributed by atoms with Crippen LogP contribution >= 0.6 is 0 Å². The van der Waals surface area contributed by atoms with Crippen LogP contribution in [0.1, 0.15) is 51.4 Å². The predicted molar refractivity (Wildman–Crippen MR) is 59.3 cm³/mol. The first-order valence-corrected chi connectivity index (χ1v) is 6.67. The summed E-state index contributed by atoms with van der Waals surface area (Å²) in [5, 5.41) is 0. The highest BCUT2D eigenvalue weighted by Crippen LogP contribution is 2.40. The molecule has 3 fully saturated rings. The molecule has 1 aliphatic heterocycles. The molecular formula is C13H23N. The van der Waals surface area contributed by atoms with Crippen LogP contribution in [0.2, 0.25) is 0 Å². The molecule has 2 saturated carbocycles. The number of hydrogen-bond donors (Lipinski definition) is 0. The Morgan fingerprint density at radius 2 is 1.29 bits per heavy atom. The number of likely N-dealkylation sites (tertiary alicyclic amines) is 1. The molecule has 0 spiro atoms. The van der Waals surface area contributed by atoms with Gasteiger partial charge >= 0.3 is 0 Å². The van der Waals surface area contributed by atoms with Crippen molar-refractivity contribution in [2.45, 2.75) is 57.4 Å². The Morgan fingerprint density at radius 1 is 0.643 bits per heavy atom. The highest BCUT2D eigenvalue weighted by molar-refractivity contribution is 4.91. The average molecular weight is 193 g/mol. The molecule has 0 aromatic rings. The van der Waals surface area contributed by atoms with E-state index in [1.54, 1.807) is 0 Å². The zero-order valence-corrected chi connectivity index (χ0v) is 9.25. The van der Waals surface area contributed by atoms with Gasteiger partial charge < -0.3 is 0 Å². The molecule has 0 aromatic carbocycles. The maximum Gasteiger partial charge on any atom is 0.00954 e. The van der Waals surface area contributed by atoms with Gasteiger partial charge in [-0.2, -0.15) is 0 Å². The number of nitrogens with zero attached hydrogens (tertiary/aromatic N) is 1. The number of fused-ring (bicyclic) bond motifs is 1. The van der Waals surface area contributed by atoms with Gasteiger partial charge in [0.25, 0.3) is 0 Å². The topological polar surface area (TPSA) is 3.24 Å². The Hall–Kier alpha value is -0.0400. The summed E-state index contributed by atoms with van der Waals surface area (Å²) in [6.45, 7) is 2.91. The minimum Gasteiger partial charge on any atom is -0.300 e. The quantitative estimate of drug-likeness (QED) is 0.618. The summed E-state index contributed by atoms with van der Waals surface area (Å²) >= 11 is 0. The Balaban J connectivity index is 1.59. The van der Waals surface area contributed by atoms with E-state index >= 15 is 0 Å². The van der Waals surface area contributed by atoms with Crippen molar-refractivity contribution in [3.8, 4) is 0 Å². The smallest absolute Gasteiger partial charge is 0.00954 e. The first-order chi connectivity index (χ1) is 6.93. The lowest BCUT2D eigenvalue weighted by Crippen LogP contribution is -2.35. The summed E-state index contributed by atoms with van der Waals surface area (Å²) in [5.74, 6) is 2.19. The van der Waals surface area contributed by atoms with Crippen LogP contribution in [0.15, 0.2) is 0 Å². The molecule has 0 amide bonds. The van der Waals surface area contributed by atoms with Crippen LogP contribution in [-0.4, -0.2) is 24.0 Å². The second-order valence-corrected chi connectivity index (χ2v) is 5.70. The maximum atomic E-state index is 2.84. The van der Waals surface area contributed by atoms with Crippen molar-refractivity contribution in [1.82, 2.24) is 4.90 Å². The van der Waals surface area contributed by atoms with E-state index in [4.69, 9.17) is 0 Å². The van der Waals surface area contributed by atoms with Crippen LogP contribution in [0.25, 0.3) is 0 Å². The predicted octanol–water partition coefficient (Wildman–Crippen LogP) is 3.05. The summed E-state index contributed by atoms with van der Waals surface area (Å²) in [7, 11) is 0. The van der Waals surface area contributed by atoms with Gasteiger partial charge in [-0.3, -0.25) is 4.90 Å². The van der Waals surface area contributed by atoms with Crippen molar-refractivity contribution < 1.29 is 0 Å². The Labute approximate surface area is 87.9 Å². The molecule has 2 aliphatic carbocycles. The summed E-state index contributed by atoms with van der Waals surface area (Å²) < 4.78 is 0. The minimum atomic E-state index is 0.981. The lowest BCUT2D eigenvalue weighted by atomic mass is 9.94. The van der Waals surface area contributed by atoms with Gasteiger partial charge in [-0.1, -0.05) is 25.7 Å². The van der Waals surface area contributed by atoms with Crippen molar-refractivity contribution in [2.24, 2.45) is 11.8 Å². The summed E-state index contributed by atoms with van der Waals surface area (Å²) in [6, 6.07) is 0.981. The van der Waals surface area contributed by atoms with Crippen LogP contribution in [0.4, 0.5) is 0 Å². The van der Waals surface area contributed by atoms with E-state index in [9.17, 15) is 0 Å². The van der Waals surface area contributed by atoms with Gasteiger partial charge in [0.05, 0.1) is 0 Å². The summed E-state index contributed by atoms with van der Waals surface area (Å²) in [5.41, 5.74) is 0. The van der Waals surface area contributed by atoms with Crippen LogP contribution < -0.4 is 0 Å². The second-order valence-electron chi connectivity index (χ2n) is 5.70. The molecular weight excluding hydrogens is 170 g/mol. The Morgan fingerprint density at radius 3 is 1.93 bits per heavy atom. The van der Waals surface area contributed by atoms with E-state index in [-0.39, 0.29) is 0 Å². The van der Waals surface area contributed by atoms with Gasteiger partial charge in [0, 0.05) is 19.1 Å². The van der Waals surface area contributed by atoms with Gasteiger partial charge in [0.1, 0.15) is 0 Å². The molecule has 3 rings (SSSR count). The van der Waals surface area contributed by atoms with Gasteiger partial charge in [-0.05, 0) is 37.5 Å². The van der Waals surface area contributed by atoms with E-state index < -0.39 is 0 Å². The molecule has 0 aromatic heterocycles. The first kappa shape index (κ1) is 9.21. The summed E-state index contributed by atoms with van der Waals surface area (Å²) in [6.07, 6.45) is 12.1. The third-order valence-corrected chi connectivity index (χ3v) is 4.85. The normalized spacial score (nSPS) is 40.3. The third-order valence-electron chi connectivity index (χ3n) is 4.85. The molecule has 1 heteroatoms. The molecule has 0 bridgehead atoms. The third kappa shape index (κ3) is 1.60. The number of hydrogen-bond acceptors (Lipinski definition) is 1. The average Bonchev–Trinajstić information content (AvgIpc) is 2.78. The SMILES string of the molecule is C1CCC(N2CC3CCCC3C2)CC1. The lowest BCUT2D eigenvalue weighted by Gasteiger charge is -2.31. The standard InChI is InChI=1S/C13H23N/c1-2-7-13(8-3-1)14-9-11-5-4-6-12(11)10-14/h11-13H,1-10H2. The lowest BCUT2D eigenvalue weighted by molar-refractivity contribution is 0.178. The van der Waals surface area contributed by atoms with Crippen molar-refractivity contribution >= 4 is 0 Å². The molecule has 80 valence electrons.